The summed E-state index contributed by atoms with van der Waals surface area (Å²) in [6.07, 6.45) is 4.48. The Morgan fingerprint density at radius 2 is 1.31 bits per heavy atom. The Labute approximate surface area is 211 Å². The fourth-order valence-electron chi connectivity index (χ4n) is 4.15. The molecule has 0 aliphatic carbocycles. The maximum atomic E-state index is 3.18. The van der Waals surface area contributed by atoms with Gasteiger partial charge in [0.2, 0.25) is 0 Å². The Morgan fingerprint density at radius 3 is 1.83 bits per heavy atom. The van der Waals surface area contributed by atoms with E-state index in [2.05, 4.69) is 143 Å². The molecule has 0 amide bonds. The molecule has 0 saturated carbocycles. The van der Waals surface area contributed by atoms with Gasteiger partial charge in [-0.2, -0.15) is 0 Å². The minimum absolute atomic E-state index is 0.326. The Hall–Kier alpha value is -4.02. The predicted molar refractivity (Wildman–Crippen MR) is 150 cm³/mol. The van der Waals surface area contributed by atoms with Crippen molar-refractivity contribution in [2.24, 2.45) is 0 Å². The molecule has 174 valence electrons. The molecule has 1 unspecified atom stereocenters. The molecular formula is C34H33N. The van der Waals surface area contributed by atoms with Gasteiger partial charge in [0.25, 0.3) is 0 Å². The molecule has 4 aromatic rings. The predicted octanol–water partition coefficient (Wildman–Crippen LogP) is 9.36. The molecule has 0 spiro atoms. The number of rotatable bonds is 7. The van der Waals surface area contributed by atoms with Gasteiger partial charge in [-0.25, -0.2) is 0 Å². The zero-order chi connectivity index (χ0) is 24.8. The van der Waals surface area contributed by atoms with Crippen molar-refractivity contribution in [2.75, 3.05) is 4.90 Å². The van der Waals surface area contributed by atoms with Crippen LogP contribution in [0.25, 0.3) is 11.1 Å². The average Bonchev–Trinajstić information content (AvgIpc) is 2.90. The first-order chi connectivity index (χ1) is 16.9. The molecule has 0 heterocycles. The largest absolute Gasteiger partial charge is 0.315 e. The highest BCUT2D eigenvalue weighted by molar-refractivity contribution is 5.69. The molecule has 0 aromatic heterocycles. The van der Waals surface area contributed by atoms with Crippen LogP contribution in [0.15, 0.2) is 114 Å². The maximum absolute atomic E-state index is 3.18. The van der Waals surface area contributed by atoms with Gasteiger partial charge in [-0.15, -0.1) is 0 Å². The lowest BCUT2D eigenvalue weighted by Crippen LogP contribution is -2.14. The van der Waals surface area contributed by atoms with Gasteiger partial charge in [-0.3, -0.25) is 0 Å². The van der Waals surface area contributed by atoms with Crippen LogP contribution in [0.1, 0.15) is 43.4 Å². The molecule has 0 bridgehead atoms. The third-order valence-corrected chi connectivity index (χ3v) is 6.58. The average molecular weight is 456 g/mol. The summed E-state index contributed by atoms with van der Waals surface area (Å²) in [4.78, 5) is 2.31. The van der Waals surface area contributed by atoms with Crippen LogP contribution in [0.4, 0.5) is 11.4 Å². The first kappa shape index (κ1) is 24.1. The zero-order valence-electron chi connectivity index (χ0n) is 21.3. The lowest BCUT2D eigenvalue weighted by molar-refractivity contribution is 0.893. The number of hydrogen-bond acceptors (Lipinski definition) is 1. The summed E-state index contributed by atoms with van der Waals surface area (Å²) in [5.74, 6) is 0.326. The topological polar surface area (TPSA) is 3.24 Å². The zero-order valence-corrected chi connectivity index (χ0v) is 21.3. The van der Waals surface area contributed by atoms with Crippen LogP contribution in [0.2, 0.25) is 0 Å². The van der Waals surface area contributed by atoms with E-state index in [9.17, 15) is 0 Å². The second-order valence-corrected chi connectivity index (χ2v) is 9.28. The number of hydrogen-bond donors (Lipinski definition) is 0. The smallest absolute Gasteiger partial charge is 0.0458 e. The molecule has 0 aliphatic heterocycles. The van der Waals surface area contributed by atoms with Gasteiger partial charge in [-0.05, 0) is 81.3 Å². The van der Waals surface area contributed by atoms with E-state index < -0.39 is 0 Å². The lowest BCUT2D eigenvalue weighted by atomic mass is 9.92. The Bertz CT molecular complexity index is 1250. The molecule has 1 nitrogen and oxygen atoms in total. The van der Waals surface area contributed by atoms with Gasteiger partial charge < -0.3 is 4.90 Å². The van der Waals surface area contributed by atoms with E-state index in [0.29, 0.717) is 5.92 Å². The van der Waals surface area contributed by atoms with Gasteiger partial charge in [0.15, 0.2) is 0 Å². The molecule has 4 aromatic carbocycles. The molecule has 35 heavy (non-hydrogen) atoms. The SMILES string of the molecule is C/C(=C\C=C(/C)N(c1ccc(C)cc1)c1ccc(C)cc1)C(C)c1ccc(-c2c#cccc2)cc1. The van der Waals surface area contributed by atoms with Crippen molar-refractivity contribution >= 4 is 11.4 Å². The van der Waals surface area contributed by atoms with Crippen molar-refractivity contribution in [1.29, 1.82) is 0 Å². The van der Waals surface area contributed by atoms with Gasteiger partial charge in [0, 0.05) is 28.6 Å². The molecule has 0 saturated heterocycles. The fourth-order valence-corrected chi connectivity index (χ4v) is 4.15. The minimum Gasteiger partial charge on any atom is -0.315 e. The highest BCUT2D eigenvalue weighted by atomic mass is 15.1. The van der Waals surface area contributed by atoms with Crippen molar-refractivity contribution < 1.29 is 0 Å². The molecule has 4 rings (SSSR count). The maximum Gasteiger partial charge on any atom is 0.0458 e. The third kappa shape index (κ3) is 5.92. The highest BCUT2D eigenvalue weighted by Gasteiger charge is 2.12. The van der Waals surface area contributed by atoms with E-state index in [0.717, 1.165) is 16.9 Å². The second kappa shape index (κ2) is 10.9. The number of benzene rings is 3. The Morgan fingerprint density at radius 1 is 0.743 bits per heavy atom. The van der Waals surface area contributed by atoms with E-state index in [-0.39, 0.29) is 0 Å². The normalized spacial score (nSPS) is 12.7. The fraction of sp³-hybridized carbons (Fsp3) is 0.176. The van der Waals surface area contributed by atoms with Gasteiger partial charge in [0.05, 0.1) is 0 Å². The number of aryl methyl sites for hydroxylation is 2. The Kier molecular flexibility index (Phi) is 7.54. The van der Waals surface area contributed by atoms with E-state index in [1.165, 1.54) is 33.5 Å². The van der Waals surface area contributed by atoms with Gasteiger partial charge >= 0.3 is 0 Å². The Balaban J connectivity index is 1.58. The van der Waals surface area contributed by atoms with E-state index in [4.69, 9.17) is 0 Å². The van der Waals surface area contributed by atoms with Crippen molar-refractivity contribution in [3.8, 4) is 11.1 Å². The van der Waals surface area contributed by atoms with E-state index in [1.807, 2.05) is 12.1 Å². The van der Waals surface area contributed by atoms with E-state index in [1.54, 1.807) is 0 Å². The summed E-state index contributed by atoms with van der Waals surface area (Å²) in [5, 5.41) is 0. The monoisotopic (exact) mass is 455 g/mol. The van der Waals surface area contributed by atoms with Crippen LogP contribution < -0.4 is 4.90 Å². The molecule has 1 atom stereocenters. The summed E-state index contributed by atoms with van der Waals surface area (Å²) >= 11 is 0. The first-order valence-corrected chi connectivity index (χ1v) is 12.2. The summed E-state index contributed by atoms with van der Waals surface area (Å²) in [6.45, 7) is 10.9. The number of nitrogens with zero attached hydrogens (tertiary/aromatic N) is 1. The molecule has 0 radical (unpaired) electrons. The van der Waals surface area contributed by atoms with Crippen LogP contribution in [0.5, 0.6) is 0 Å². The van der Waals surface area contributed by atoms with Crippen molar-refractivity contribution in [2.45, 2.75) is 40.5 Å². The van der Waals surface area contributed by atoms with Gasteiger partial charge in [0.1, 0.15) is 0 Å². The van der Waals surface area contributed by atoms with Crippen LogP contribution in [0, 0.1) is 26.0 Å². The molecule has 0 aliphatic rings. The van der Waals surface area contributed by atoms with Crippen LogP contribution in [-0.4, -0.2) is 0 Å². The summed E-state index contributed by atoms with van der Waals surface area (Å²) < 4.78 is 0. The third-order valence-electron chi connectivity index (χ3n) is 6.58. The van der Waals surface area contributed by atoms with E-state index >= 15 is 0 Å². The molecule has 1 heteroatoms. The summed E-state index contributed by atoms with van der Waals surface area (Å²) in [7, 11) is 0. The summed E-state index contributed by atoms with van der Waals surface area (Å²) in [5.41, 5.74) is 10.9. The highest BCUT2D eigenvalue weighted by Crippen LogP contribution is 2.31. The number of anilines is 2. The minimum atomic E-state index is 0.326. The van der Waals surface area contributed by atoms with Gasteiger partial charge in [-0.1, -0.05) is 96.4 Å². The molecule has 0 fully saturated rings. The second-order valence-electron chi connectivity index (χ2n) is 9.28. The van der Waals surface area contributed by atoms with Crippen molar-refractivity contribution in [3.05, 3.63) is 143 Å². The lowest BCUT2D eigenvalue weighted by Gasteiger charge is -2.26. The molecule has 0 N–H and O–H groups in total. The quantitative estimate of drug-likeness (QED) is 0.251. The number of allylic oxidation sites excluding steroid dienone is 4. The molecular weight excluding hydrogens is 422 g/mol. The van der Waals surface area contributed by atoms with Crippen molar-refractivity contribution in [3.63, 3.8) is 0 Å². The summed E-state index contributed by atoms with van der Waals surface area (Å²) in [6, 6.07) is 38.4. The standard InChI is InChI=1S/C34H33N/c1-25-11-21-33(22-12-25)35(34-23-13-26(2)14-24-34)28(4)16-15-27(3)29(5)30-17-19-32(20-18-30)31-9-7-6-8-10-31/h6-7,9,11-24,29H,1-5H3/b27-15+,28-16+. The first-order valence-electron chi connectivity index (χ1n) is 12.2. The van der Waals surface area contributed by atoms with Crippen LogP contribution in [-0.2, 0) is 0 Å². The van der Waals surface area contributed by atoms with Crippen molar-refractivity contribution in [1.82, 2.24) is 0 Å². The van der Waals surface area contributed by atoms with Crippen LogP contribution in [0.3, 0.4) is 0 Å². The van der Waals surface area contributed by atoms with Crippen LogP contribution >= 0.6 is 0 Å².